The number of hydrogen-bond donors (Lipinski definition) is 2. The van der Waals surface area contributed by atoms with Crippen LogP contribution >= 0.6 is 0 Å². The predicted octanol–water partition coefficient (Wildman–Crippen LogP) is 4.28. The summed E-state index contributed by atoms with van der Waals surface area (Å²) in [6, 6.07) is 17.1. The zero-order valence-corrected chi connectivity index (χ0v) is 16.9. The highest BCUT2D eigenvalue weighted by molar-refractivity contribution is 6.42. The van der Waals surface area contributed by atoms with Crippen LogP contribution in [0.3, 0.4) is 0 Å². The Morgan fingerprint density at radius 2 is 1.87 bits per heavy atom. The molecule has 30 heavy (non-hydrogen) atoms. The first-order valence-electron chi connectivity index (χ1n) is 9.55. The molecule has 2 aromatic rings. The van der Waals surface area contributed by atoms with Gasteiger partial charge >= 0.3 is 5.97 Å². The molecule has 1 aliphatic carbocycles. The van der Waals surface area contributed by atoms with E-state index in [1.807, 2.05) is 18.2 Å². The monoisotopic (exact) mass is 408 g/mol. The maximum Gasteiger partial charge on any atom is 0.339 e. The van der Waals surface area contributed by atoms with E-state index in [-0.39, 0.29) is 18.1 Å². The highest BCUT2D eigenvalue weighted by Gasteiger charge is 2.43. The average Bonchev–Trinajstić information content (AvgIpc) is 3.54. The van der Waals surface area contributed by atoms with Crippen LogP contribution < -0.4 is 0 Å². The number of ether oxygens (including phenoxy) is 1. The van der Waals surface area contributed by atoms with Gasteiger partial charge in [0.05, 0.1) is 13.4 Å². The molecule has 0 heterocycles. The third-order valence-corrected chi connectivity index (χ3v) is 5.04. The van der Waals surface area contributed by atoms with Gasteiger partial charge in [-0.3, -0.25) is 0 Å². The molecule has 1 aliphatic rings. The van der Waals surface area contributed by atoms with Crippen molar-refractivity contribution in [2.24, 2.45) is 16.2 Å². The summed E-state index contributed by atoms with van der Waals surface area (Å²) in [5.74, 6) is -0.695. The van der Waals surface area contributed by atoms with Crippen molar-refractivity contribution >= 4 is 23.0 Å². The summed E-state index contributed by atoms with van der Waals surface area (Å²) in [5.41, 5.74) is 3.36. The Morgan fingerprint density at radius 3 is 2.53 bits per heavy atom. The molecule has 3 rings (SSSR count). The summed E-state index contributed by atoms with van der Waals surface area (Å²) in [4.78, 5) is 17.0. The van der Waals surface area contributed by atoms with E-state index in [9.17, 15) is 15.1 Å². The fraction of sp³-hybridized carbons (Fsp3) is 0.261. The van der Waals surface area contributed by atoms with Crippen LogP contribution in [0.15, 0.2) is 71.2 Å². The maximum atomic E-state index is 11.5. The van der Waals surface area contributed by atoms with Gasteiger partial charge < -0.3 is 19.9 Å². The van der Waals surface area contributed by atoms with E-state index in [1.54, 1.807) is 31.2 Å². The molecule has 0 aromatic heterocycles. The minimum Gasteiger partial charge on any atom is -0.503 e. The number of benzene rings is 2. The van der Waals surface area contributed by atoms with Crippen LogP contribution in [0, 0.1) is 5.92 Å². The van der Waals surface area contributed by atoms with Gasteiger partial charge in [-0.05, 0) is 30.4 Å². The molecule has 7 nitrogen and oxygen atoms in total. The summed E-state index contributed by atoms with van der Waals surface area (Å²) in [6.07, 6.45) is 2.08. The lowest BCUT2D eigenvalue weighted by atomic mass is 10.0. The molecular formula is C23H24N2O5. The SMILES string of the molecule is CO/C=C(/C(=O)O)c1ccccc1CON=C(C)C(=NO)[C@@H]1C[C@H]1c1ccccc1. The van der Waals surface area contributed by atoms with Gasteiger partial charge in [0.15, 0.2) is 0 Å². The van der Waals surface area contributed by atoms with Gasteiger partial charge in [0, 0.05) is 11.5 Å². The van der Waals surface area contributed by atoms with Crippen molar-refractivity contribution in [2.45, 2.75) is 25.9 Å². The first kappa shape index (κ1) is 21.1. The van der Waals surface area contributed by atoms with E-state index in [1.165, 1.54) is 18.9 Å². The molecule has 1 saturated carbocycles. The van der Waals surface area contributed by atoms with Crippen LogP contribution in [0.25, 0.3) is 5.57 Å². The van der Waals surface area contributed by atoms with Crippen LogP contribution in [-0.2, 0) is 21.0 Å². The Balaban J connectivity index is 1.68. The molecule has 0 aliphatic heterocycles. The smallest absolute Gasteiger partial charge is 0.339 e. The van der Waals surface area contributed by atoms with Gasteiger partial charge in [-0.1, -0.05) is 64.9 Å². The Labute approximate surface area is 174 Å². The van der Waals surface area contributed by atoms with E-state index in [2.05, 4.69) is 22.4 Å². The van der Waals surface area contributed by atoms with E-state index in [0.717, 1.165) is 6.42 Å². The highest BCUT2D eigenvalue weighted by atomic mass is 16.6. The van der Waals surface area contributed by atoms with E-state index < -0.39 is 5.97 Å². The molecule has 0 unspecified atom stereocenters. The number of aliphatic carboxylic acids is 1. The van der Waals surface area contributed by atoms with Crippen LogP contribution in [0.2, 0.25) is 0 Å². The zero-order chi connectivity index (χ0) is 21.5. The molecule has 156 valence electrons. The average molecular weight is 408 g/mol. The molecule has 0 radical (unpaired) electrons. The Morgan fingerprint density at radius 1 is 1.17 bits per heavy atom. The standard InChI is InChI=1S/C23H24N2O5/c1-15(22(24-28)20-12-19(20)16-8-4-3-5-9-16)25-30-13-17-10-6-7-11-18(17)21(14-29-2)23(26)27/h3-11,14,19-20,28H,12-13H2,1-2H3,(H,26,27)/b21-14+,24-22?,25-15?/t19-,20+/m0/s1. The van der Waals surface area contributed by atoms with Crippen LogP contribution in [0.5, 0.6) is 0 Å². The summed E-state index contributed by atoms with van der Waals surface area (Å²) in [6.45, 7) is 1.79. The number of methoxy groups -OCH3 is 1. The number of oxime groups is 2. The molecule has 2 N–H and O–H groups in total. The second-order valence-corrected chi connectivity index (χ2v) is 7.02. The summed E-state index contributed by atoms with van der Waals surface area (Å²) < 4.78 is 4.89. The van der Waals surface area contributed by atoms with Gasteiger partial charge in [-0.25, -0.2) is 4.79 Å². The van der Waals surface area contributed by atoms with E-state index in [4.69, 9.17) is 9.57 Å². The fourth-order valence-electron chi connectivity index (χ4n) is 3.48. The van der Waals surface area contributed by atoms with Crippen molar-refractivity contribution in [1.82, 2.24) is 0 Å². The normalized spacial score (nSPS) is 19.3. The van der Waals surface area contributed by atoms with Crippen molar-refractivity contribution in [1.29, 1.82) is 0 Å². The van der Waals surface area contributed by atoms with Gasteiger partial charge in [0.2, 0.25) is 0 Å². The number of rotatable bonds is 9. The maximum absolute atomic E-state index is 11.5. The van der Waals surface area contributed by atoms with Gasteiger partial charge in [0.1, 0.15) is 23.6 Å². The molecular weight excluding hydrogens is 384 g/mol. The molecule has 2 aromatic carbocycles. The molecule has 0 amide bonds. The molecule has 1 fully saturated rings. The molecule has 0 saturated heterocycles. The molecule has 0 bridgehead atoms. The third-order valence-electron chi connectivity index (χ3n) is 5.04. The quantitative estimate of drug-likeness (QED) is 0.212. The zero-order valence-electron chi connectivity index (χ0n) is 16.9. The molecule has 2 atom stereocenters. The lowest BCUT2D eigenvalue weighted by Crippen LogP contribution is -2.15. The number of carboxylic acids is 1. The van der Waals surface area contributed by atoms with Crippen LogP contribution in [-0.4, -0.2) is 34.8 Å². The first-order valence-corrected chi connectivity index (χ1v) is 9.55. The summed E-state index contributed by atoms with van der Waals surface area (Å²) >= 11 is 0. The molecule has 7 heteroatoms. The van der Waals surface area contributed by atoms with Crippen molar-refractivity contribution in [2.75, 3.05) is 7.11 Å². The van der Waals surface area contributed by atoms with E-state index >= 15 is 0 Å². The van der Waals surface area contributed by atoms with Crippen molar-refractivity contribution in [3.63, 3.8) is 0 Å². The Bertz CT molecular complexity index is 982. The predicted molar refractivity (Wildman–Crippen MR) is 113 cm³/mol. The minimum atomic E-state index is -1.10. The lowest BCUT2D eigenvalue weighted by molar-refractivity contribution is -0.130. The van der Waals surface area contributed by atoms with E-state index in [0.29, 0.717) is 28.5 Å². The number of carbonyl (C=O) groups is 1. The van der Waals surface area contributed by atoms with Crippen molar-refractivity contribution in [3.05, 3.63) is 77.5 Å². The number of hydrogen-bond acceptors (Lipinski definition) is 6. The number of nitrogens with zero attached hydrogens (tertiary/aromatic N) is 2. The second-order valence-electron chi connectivity index (χ2n) is 7.02. The molecule has 0 spiro atoms. The Hall–Kier alpha value is -3.61. The van der Waals surface area contributed by atoms with Gasteiger partial charge in [-0.2, -0.15) is 0 Å². The van der Waals surface area contributed by atoms with Crippen molar-refractivity contribution < 1.29 is 24.7 Å². The summed E-state index contributed by atoms with van der Waals surface area (Å²) in [7, 11) is 1.39. The Kier molecular flexibility index (Phi) is 6.85. The second kappa shape index (κ2) is 9.73. The van der Waals surface area contributed by atoms with Gasteiger partial charge in [0.25, 0.3) is 0 Å². The van der Waals surface area contributed by atoms with Crippen LogP contribution in [0.4, 0.5) is 0 Å². The number of carboxylic acid groups (broad SMARTS) is 1. The summed E-state index contributed by atoms with van der Waals surface area (Å²) in [5, 5.41) is 26.5. The van der Waals surface area contributed by atoms with Gasteiger partial charge in [-0.15, -0.1) is 0 Å². The third kappa shape index (κ3) is 4.86. The largest absolute Gasteiger partial charge is 0.503 e. The fourth-order valence-corrected chi connectivity index (χ4v) is 3.48. The lowest BCUT2D eigenvalue weighted by Gasteiger charge is -2.10. The van der Waals surface area contributed by atoms with Crippen LogP contribution in [0.1, 0.15) is 36.0 Å². The highest BCUT2D eigenvalue weighted by Crippen LogP contribution is 2.48. The first-order chi connectivity index (χ1) is 14.6. The minimum absolute atomic E-state index is 0.0266. The van der Waals surface area contributed by atoms with Crippen molar-refractivity contribution in [3.8, 4) is 0 Å². The topological polar surface area (TPSA) is 101 Å².